The van der Waals surface area contributed by atoms with Gasteiger partial charge in [-0.2, -0.15) is 0 Å². The minimum absolute atomic E-state index is 0.0453. The van der Waals surface area contributed by atoms with Crippen LogP contribution >= 0.6 is 0 Å². The lowest BCUT2D eigenvalue weighted by Gasteiger charge is -2.35. The molecule has 0 N–H and O–H groups in total. The molecule has 0 saturated carbocycles. The van der Waals surface area contributed by atoms with E-state index in [9.17, 15) is 19.2 Å². The molecule has 190 valence electrons. The third kappa shape index (κ3) is 5.26. The van der Waals surface area contributed by atoms with Gasteiger partial charge in [0.2, 0.25) is 17.7 Å². The van der Waals surface area contributed by atoms with Crippen LogP contribution in [0.1, 0.15) is 42.4 Å². The molecule has 7 heteroatoms. The van der Waals surface area contributed by atoms with Gasteiger partial charge in [-0.1, -0.05) is 54.6 Å². The van der Waals surface area contributed by atoms with Gasteiger partial charge in [-0.15, -0.1) is 0 Å². The molecule has 2 aliphatic rings. The highest BCUT2D eigenvalue weighted by atomic mass is 16.5. The number of piperidine rings is 1. The number of benzene rings is 2. The topological polar surface area (TPSA) is 84.0 Å². The second-order valence-corrected chi connectivity index (χ2v) is 9.90. The first-order valence-corrected chi connectivity index (χ1v) is 12.6. The predicted octanol–water partition coefficient (Wildman–Crippen LogP) is 3.08. The average molecular weight is 491 g/mol. The maximum absolute atomic E-state index is 13.7. The third-order valence-electron chi connectivity index (χ3n) is 7.49. The zero-order valence-corrected chi connectivity index (χ0v) is 21.1. The highest BCUT2D eigenvalue weighted by Crippen LogP contribution is 2.42. The zero-order chi connectivity index (χ0) is 25.7. The molecule has 0 aromatic heterocycles. The largest absolute Gasteiger partial charge is 0.383 e. The molecule has 7 nitrogen and oxygen atoms in total. The normalized spacial score (nSPS) is 22.2. The van der Waals surface area contributed by atoms with E-state index in [1.54, 1.807) is 4.90 Å². The van der Waals surface area contributed by atoms with E-state index in [2.05, 4.69) is 0 Å². The van der Waals surface area contributed by atoms with Crippen LogP contribution in [0.25, 0.3) is 0 Å². The molecule has 2 aromatic carbocycles. The van der Waals surface area contributed by atoms with E-state index in [4.69, 9.17) is 4.74 Å². The lowest BCUT2D eigenvalue weighted by molar-refractivity contribution is -0.144. The van der Waals surface area contributed by atoms with Crippen molar-refractivity contribution in [2.24, 2.45) is 5.92 Å². The number of rotatable bonds is 9. The number of Topliss-reactive ketones (excluding diaryl/α,β-unsaturated/α-hetero) is 1. The molecule has 2 aliphatic heterocycles. The lowest BCUT2D eigenvalue weighted by Crippen LogP contribution is -2.47. The smallest absolute Gasteiger partial charge is 0.240 e. The summed E-state index contributed by atoms with van der Waals surface area (Å²) in [5, 5.41) is 0. The molecular weight excluding hydrogens is 456 g/mol. The summed E-state index contributed by atoms with van der Waals surface area (Å²) in [5.41, 5.74) is 1.31. The van der Waals surface area contributed by atoms with Crippen LogP contribution in [0.2, 0.25) is 0 Å². The standard InChI is InChI=1S/C29H34N2O5/c1-21-9-6-7-13-24(21)29(19-27(34)31(28(29)35)15-16-36-2)18-26(33)30-14-8-12-23(20-30)25(32)17-22-10-4-3-5-11-22/h3-7,9-11,13,23H,8,12,14-20H2,1-2H3/t23-,29+/m0/s1. The molecule has 0 spiro atoms. The van der Waals surface area contributed by atoms with Gasteiger partial charge >= 0.3 is 0 Å². The van der Waals surface area contributed by atoms with E-state index < -0.39 is 5.41 Å². The Morgan fingerprint density at radius 2 is 1.78 bits per heavy atom. The molecule has 2 aromatic rings. The molecule has 4 rings (SSSR count). The van der Waals surface area contributed by atoms with Crippen molar-refractivity contribution < 1.29 is 23.9 Å². The van der Waals surface area contributed by atoms with Gasteiger partial charge in [0.25, 0.3) is 0 Å². The Morgan fingerprint density at radius 3 is 2.50 bits per heavy atom. The summed E-state index contributed by atoms with van der Waals surface area (Å²) in [7, 11) is 1.52. The first-order chi connectivity index (χ1) is 17.4. The molecule has 0 aliphatic carbocycles. The summed E-state index contributed by atoms with van der Waals surface area (Å²) in [6.45, 7) is 3.20. The van der Waals surface area contributed by atoms with E-state index in [1.807, 2.05) is 61.5 Å². The highest BCUT2D eigenvalue weighted by Gasteiger charge is 2.54. The number of ketones is 1. The van der Waals surface area contributed by atoms with Crippen LogP contribution in [0, 0.1) is 12.8 Å². The number of aryl methyl sites for hydroxylation is 1. The fourth-order valence-electron chi connectivity index (χ4n) is 5.54. The van der Waals surface area contributed by atoms with Gasteiger partial charge in [-0.05, 0) is 36.5 Å². The van der Waals surface area contributed by atoms with Gasteiger partial charge in [-0.25, -0.2) is 0 Å². The average Bonchev–Trinajstić information content (AvgIpc) is 3.12. The Morgan fingerprint density at radius 1 is 1.06 bits per heavy atom. The Kier molecular flexibility index (Phi) is 7.99. The van der Waals surface area contributed by atoms with E-state index in [0.29, 0.717) is 25.1 Å². The summed E-state index contributed by atoms with van der Waals surface area (Å²) in [5.74, 6) is -0.921. The van der Waals surface area contributed by atoms with Gasteiger partial charge < -0.3 is 9.64 Å². The van der Waals surface area contributed by atoms with E-state index in [0.717, 1.165) is 24.0 Å². The van der Waals surface area contributed by atoms with Crippen molar-refractivity contribution in [3.63, 3.8) is 0 Å². The van der Waals surface area contributed by atoms with Crippen molar-refractivity contribution in [3.8, 4) is 0 Å². The maximum Gasteiger partial charge on any atom is 0.240 e. The minimum atomic E-state index is -1.24. The molecule has 0 radical (unpaired) electrons. The van der Waals surface area contributed by atoms with E-state index in [1.165, 1.54) is 12.0 Å². The number of hydrogen-bond acceptors (Lipinski definition) is 5. The summed E-state index contributed by atoms with van der Waals surface area (Å²) in [4.78, 5) is 56.2. The van der Waals surface area contributed by atoms with Crippen molar-refractivity contribution in [1.82, 2.24) is 9.80 Å². The van der Waals surface area contributed by atoms with Crippen LogP contribution < -0.4 is 0 Å². The molecule has 0 bridgehead atoms. The van der Waals surface area contributed by atoms with Crippen LogP contribution in [0.15, 0.2) is 54.6 Å². The monoisotopic (exact) mass is 490 g/mol. The van der Waals surface area contributed by atoms with Gasteiger partial charge in [0, 0.05) is 45.4 Å². The number of imide groups is 1. The second kappa shape index (κ2) is 11.2. The number of ether oxygens (including phenoxy) is 1. The van der Waals surface area contributed by atoms with Crippen molar-refractivity contribution >= 4 is 23.5 Å². The number of amides is 3. The Balaban J connectivity index is 1.54. The van der Waals surface area contributed by atoms with Crippen LogP contribution in [-0.4, -0.2) is 66.7 Å². The molecule has 2 heterocycles. The van der Waals surface area contributed by atoms with Gasteiger partial charge in [0.05, 0.1) is 18.6 Å². The van der Waals surface area contributed by atoms with E-state index >= 15 is 0 Å². The third-order valence-corrected chi connectivity index (χ3v) is 7.49. The van der Waals surface area contributed by atoms with Gasteiger partial charge in [-0.3, -0.25) is 24.1 Å². The van der Waals surface area contributed by atoms with Crippen LogP contribution in [-0.2, 0) is 35.8 Å². The molecular formula is C29H34N2O5. The minimum Gasteiger partial charge on any atom is -0.383 e. The number of likely N-dealkylation sites (tertiary alicyclic amines) is 2. The quantitative estimate of drug-likeness (QED) is 0.505. The molecule has 3 amide bonds. The van der Waals surface area contributed by atoms with Gasteiger partial charge in [0.15, 0.2) is 0 Å². The zero-order valence-electron chi connectivity index (χ0n) is 21.1. The van der Waals surface area contributed by atoms with Crippen LogP contribution in [0.3, 0.4) is 0 Å². The summed E-state index contributed by atoms with van der Waals surface area (Å²) in [6.07, 6.45) is 1.70. The van der Waals surface area contributed by atoms with Crippen molar-refractivity contribution in [1.29, 1.82) is 0 Å². The summed E-state index contributed by atoms with van der Waals surface area (Å²) in [6, 6.07) is 17.1. The molecule has 2 fully saturated rings. The second-order valence-electron chi connectivity index (χ2n) is 9.90. The van der Waals surface area contributed by atoms with Crippen molar-refractivity contribution in [3.05, 3.63) is 71.3 Å². The molecule has 0 unspecified atom stereocenters. The maximum atomic E-state index is 13.7. The summed E-state index contributed by atoms with van der Waals surface area (Å²) < 4.78 is 5.10. The first kappa shape index (κ1) is 25.8. The molecule has 2 atom stereocenters. The Hall–Kier alpha value is -3.32. The van der Waals surface area contributed by atoms with Crippen molar-refractivity contribution in [2.75, 3.05) is 33.4 Å². The fraction of sp³-hybridized carbons (Fsp3) is 0.448. The van der Waals surface area contributed by atoms with Crippen molar-refractivity contribution in [2.45, 2.75) is 44.4 Å². The SMILES string of the molecule is COCCN1C(=O)C[C@](CC(=O)N2CCC[C@H](C(=O)Cc3ccccc3)C2)(c2ccccc2C)C1=O. The predicted molar refractivity (Wildman–Crippen MR) is 135 cm³/mol. The summed E-state index contributed by atoms with van der Waals surface area (Å²) >= 11 is 0. The van der Waals surface area contributed by atoms with Gasteiger partial charge in [0.1, 0.15) is 5.78 Å². The number of carbonyl (C=O) groups is 4. The fourth-order valence-corrected chi connectivity index (χ4v) is 5.54. The number of methoxy groups -OCH3 is 1. The molecule has 2 saturated heterocycles. The number of carbonyl (C=O) groups excluding carboxylic acids is 4. The number of hydrogen-bond donors (Lipinski definition) is 0. The number of nitrogens with zero attached hydrogens (tertiary/aromatic N) is 2. The van der Waals surface area contributed by atoms with Crippen LogP contribution in [0.4, 0.5) is 0 Å². The molecule has 36 heavy (non-hydrogen) atoms. The van der Waals surface area contributed by atoms with Crippen LogP contribution in [0.5, 0.6) is 0 Å². The highest BCUT2D eigenvalue weighted by molar-refractivity contribution is 6.11. The first-order valence-electron chi connectivity index (χ1n) is 12.6. The Bertz CT molecular complexity index is 1130. The Labute approximate surface area is 212 Å². The van der Waals surface area contributed by atoms with E-state index in [-0.39, 0.29) is 55.4 Å². The lowest BCUT2D eigenvalue weighted by atomic mass is 9.73.